The van der Waals surface area contributed by atoms with Crippen LogP contribution in [0.1, 0.15) is 19.8 Å². The summed E-state index contributed by atoms with van der Waals surface area (Å²) in [5.74, 6) is -0.195. The number of carbonyl (C=O) groups is 3. The smallest absolute Gasteiger partial charge is 0.310 e. The van der Waals surface area contributed by atoms with E-state index in [1.165, 1.54) is 12.0 Å². The summed E-state index contributed by atoms with van der Waals surface area (Å²) in [6.07, 6.45) is 0.667. The van der Waals surface area contributed by atoms with Crippen LogP contribution in [0.4, 0.5) is 0 Å². The third-order valence-corrected chi connectivity index (χ3v) is 3.99. The van der Waals surface area contributed by atoms with Gasteiger partial charge in [0.15, 0.2) is 0 Å². The molecule has 6 nitrogen and oxygen atoms in total. The molecule has 0 N–H and O–H groups in total. The Morgan fingerprint density at radius 3 is 2.42 bits per heavy atom. The van der Waals surface area contributed by atoms with E-state index in [2.05, 4.69) is 4.90 Å². The van der Waals surface area contributed by atoms with Crippen molar-refractivity contribution in [1.29, 1.82) is 0 Å². The molecule has 2 fully saturated rings. The van der Waals surface area contributed by atoms with Crippen molar-refractivity contribution in [3.05, 3.63) is 0 Å². The van der Waals surface area contributed by atoms with Crippen molar-refractivity contribution in [2.45, 2.75) is 19.8 Å². The van der Waals surface area contributed by atoms with Gasteiger partial charge in [-0.2, -0.15) is 0 Å². The van der Waals surface area contributed by atoms with Crippen LogP contribution in [0.2, 0.25) is 0 Å². The van der Waals surface area contributed by atoms with Crippen molar-refractivity contribution in [1.82, 2.24) is 9.80 Å². The predicted octanol–water partition coefficient (Wildman–Crippen LogP) is -0.124. The summed E-state index contributed by atoms with van der Waals surface area (Å²) in [6, 6.07) is 0. The summed E-state index contributed by atoms with van der Waals surface area (Å²) in [4.78, 5) is 38.0. The topological polar surface area (TPSA) is 66.9 Å². The molecule has 0 aliphatic carbocycles. The lowest BCUT2D eigenvalue weighted by Crippen LogP contribution is -2.37. The van der Waals surface area contributed by atoms with E-state index in [0.717, 1.165) is 6.54 Å². The molecule has 2 heterocycles. The molecule has 2 aliphatic rings. The quantitative estimate of drug-likeness (QED) is 0.525. The SMILES string of the molecule is COC(=O)C1CN(CCN2C(=O)CCC2=O)CC1C. The van der Waals surface area contributed by atoms with E-state index in [-0.39, 0.29) is 29.6 Å². The fraction of sp³-hybridized carbons (Fsp3) is 0.769. The molecule has 2 aliphatic heterocycles. The number of methoxy groups -OCH3 is 1. The number of rotatable bonds is 4. The third kappa shape index (κ3) is 2.94. The van der Waals surface area contributed by atoms with Crippen LogP contribution in [0.25, 0.3) is 0 Å². The summed E-state index contributed by atoms with van der Waals surface area (Å²) < 4.78 is 4.78. The Kier molecular flexibility index (Phi) is 4.19. The second-order valence-corrected chi connectivity index (χ2v) is 5.31. The highest BCUT2D eigenvalue weighted by atomic mass is 16.5. The van der Waals surface area contributed by atoms with Gasteiger partial charge in [-0.1, -0.05) is 6.92 Å². The normalized spacial score (nSPS) is 28.2. The second-order valence-electron chi connectivity index (χ2n) is 5.31. The minimum absolute atomic E-state index is 0.0817. The van der Waals surface area contributed by atoms with Crippen LogP contribution in [0.15, 0.2) is 0 Å². The Balaban J connectivity index is 1.83. The molecule has 0 radical (unpaired) electrons. The number of hydrogen-bond acceptors (Lipinski definition) is 5. The number of hydrogen-bond donors (Lipinski definition) is 0. The Hall–Kier alpha value is -1.43. The molecule has 2 rings (SSSR count). The van der Waals surface area contributed by atoms with Gasteiger partial charge >= 0.3 is 5.97 Å². The molecule has 2 amide bonds. The van der Waals surface area contributed by atoms with Gasteiger partial charge in [0.2, 0.25) is 11.8 Å². The molecule has 0 aromatic heterocycles. The highest BCUT2D eigenvalue weighted by molar-refractivity contribution is 6.01. The zero-order valence-electron chi connectivity index (χ0n) is 11.4. The first-order valence-electron chi connectivity index (χ1n) is 6.66. The molecule has 0 saturated carbocycles. The first-order chi connectivity index (χ1) is 9.02. The van der Waals surface area contributed by atoms with Crippen LogP contribution >= 0.6 is 0 Å². The van der Waals surface area contributed by atoms with Crippen LogP contribution in [0, 0.1) is 11.8 Å². The maximum absolute atomic E-state index is 11.6. The number of ether oxygens (including phenoxy) is 1. The zero-order chi connectivity index (χ0) is 14.0. The number of imide groups is 1. The summed E-state index contributed by atoms with van der Waals surface area (Å²) in [5, 5.41) is 0. The van der Waals surface area contributed by atoms with Gasteiger partial charge in [0, 0.05) is 39.0 Å². The second kappa shape index (κ2) is 5.69. The predicted molar refractivity (Wildman–Crippen MR) is 67.1 cm³/mol. The average molecular weight is 268 g/mol. The molecule has 2 saturated heterocycles. The molecule has 0 spiro atoms. The number of amides is 2. The van der Waals surface area contributed by atoms with E-state index in [1.807, 2.05) is 6.92 Å². The summed E-state index contributed by atoms with van der Waals surface area (Å²) in [6.45, 7) is 4.53. The van der Waals surface area contributed by atoms with Gasteiger partial charge in [0.05, 0.1) is 13.0 Å². The molecule has 19 heavy (non-hydrogen) atoms. The summed E-state index contributed by atoms with van der Waals surface area (Å²) >= 11 is 0. The van der Waals surface area contributed by atoms with E-state index in [9.17, 15) is 14.4 Å². The number of esters is 1. The van der Waals surface area contributed by atoms with Crippen LogP contribution in [-0.4, -0.2) is 60.9 Å². The highest BCUT2D eigenvalue weighted by Crippen LogP contribution is 2.24. The highest BCUT2D eigenvalue weighted by Gasteiger charge is 2.36. The van der Waals surface area contributed by atoms with Gasteiger partial charge < -0.3 is 9.64 Å². The van der Waals surface area contributed by atoms with Crippen LogP contribution in [0.3, 0.4) is 0 Å². The van der Waals surface area contributed by atoms with Crippen molar-refractivity contribution in [3.8, 4) is 0 Å². The molecule has 0 bridgehead atoms. The molecule has 2 unspecified atom stereocenters. The first kappa shape index (κ1) is 14.0. The largest absolute Gasteiger partial charge is 0.469 e. The summed E-state index contributed by atoms with van der Waals surface area (Å²) in [5.41, 5.74) is 0. The molecular formula is C13H20N2O4. The molecule has 106 valence electrons. The molecular weight excluding hydrogens is 248 g/mol. The third-order valence-electron chi connectivity index (χ3n) is 3.99. The molecule has 0 aromatic carbocycles. The van der Waals surface area contributed by atoms with Crippen molar-refractivity contribution in [2.75, 3.05) is 33.3 Å². The number of nitrogens with zero attached hydrogens (tertiary/aromatic N) is 2. The lowest BCUT2D eigenvalue weighted by atomic mass is 9.99. The Bertz CT molecular complexity index is 380. The number of carbonyl (C=O) groups excluding carboxylic acids is 3. The van der Waals surface area contributed by atoms with Gasteiger partial charge in [-0.3, -0.25) is 19.3 Å². The Labute approximate surface area is 112 Å². The van der Waals surface area contributed by atoms with Gasteiger partial charge in [-0.15, -0.1) is 0 Å². The van der Waals surface area contributed by atoms with Gasteiger partial charge in [0.25, 0.3) is 0 Å². The fourth-order valence-corrected chi connectivity index (χ4v) is 2.82. The van der Waals surface area contributed by atoms with Gasteiger partial charge in [0.1, 0.15) is 0 Å². The zero-order valence-corrected chi connectivity index (χ0v) is 11.4. The van der Waals surface area contributed by atoms with Gasteiger partial charge in [-0.05, 0) is 5.92 Å². The maximum atomic E-state index is 11.6. The van der Waals surface area contributed by atoms with Gasteiger partial charge in [-0.25, -0.2) is 0 Å². The van der Waals surface area contributed by atoms with E-state index >= 15 is 0 Å². The Morgan fingerprint density at radius 2 is 1.84 bits per heavy atom. The molecule has 6 heteroatoms. The van der Waals surface area contributed by atoms with Crippen LogP contribution < -0.4 is 0 Å². The maximum Gasteiger partial charge on any atom is 0.310 e. The van der Waals surface area contributed by atoms with E-state index in [4.69, 9.17) is 4.74 Å². The van der Waals surface area contributed by atoms with Crippen molar-refractivity contribution in [3.63, 3.8) is 0 Å². The van der Waals surface area contributed by atoms with Crippen molar-refractivity contribution < 1.29 is 19.1 Å². The standard InChI is InChI=1S/C13H20N2O4/c1-9-7-14(8-10(9)13(18)19-2)5-6-15-11(16)3-4-12(15)17/h9-10H,3-8H2,1-2H3. The fourth-order valence-electron chi connectivity index (χ4n) is 2.82. The summed E-state index contributed by atoms with van der Waals surface area (Å²) in [7, 11) is 1.40. The molecule has 0 aromatic rings. The average Bonchev–Trinajstić information content (AvgIpc) is 2.90. The van der Waals surface area contributed by atoms with E-state index in [1.54, 1.807) is 0 Å². The van der Waals surface area contributed by atoms with E-state index < -0.39 is 0 Å². The van der Waals surface area contributed by atoms with E-state index in [0.29, 0.717) is 32.5 Å². The minimum atomic E-state index is -0.177. The monoisotopic (exact) mass is 268 g/mol. The van der Waals surface area contributed by atoms with Crippen LogP contribution in [-0.2, 0) is 19.1 Å². The number of likely N-dealkylation sites (tertiary alicyclic amines) is 2. The lowest BCUT2D eigenvalue weighted by Gasteiger charge is -2.19. The first-order valence-corrected chi connectivity index (χ1v) is 6.66. The minimum Gasteiger partial charge on any atom is -0.469 e. The van der Waals surface area contributed by atoms with Crippen molar-refractivity contribution >= 4 is 17.8 Å². The van der Waals surface area contributed by atoms with Crippen molar-refractivity contribution in [2.24, 2.45) is 11.8 Å². The lowest BCUT2D eigenvalue weighted by molar-refractivity contribution is -0.146. The molecule has 2 atom stereocenters. The Morgan fingerprint density at radius 1 is 1.21 bits per heavy atom. The van der Waals surface area contributed by atoms with Crippen LogP contribution in [0.5, 0.6) is 0 Å².